The van der Waals surface area contributed by atoms with Gasteiger partial charge in [-0.1, -0.05) is 25.2 Å². The molecule has 0 aliphatic rings. The van der Waals surface area contributed by atoms with Crippen LogP contribution in [0.25, 0.3) is 0 Å². The zero-order valence-corrected chi connectivity index (χ0v) is 11.7. The molecule has 0 aromatic rings. The molecule has 0 saturated heterocycles. The molecule has 6 heteroatoms. The Morgan fingerprint density at radius 1 is 1.64 bits per heavy atom. The predicted molar refractivity (Wildman–Crippen MR) is 70.8 cm³/mol. The highest BCUT2D eigenvalue weighted by atomic mass is 32.9. The van der Waals surface area contributed by atoms with E-state index < -0.39 is 5.62 Å². The summed E-state index contributed by atoms with van der Waals surface area (Å²) in [5, 5.41) is 3.08. The summed E-state index contributed by atoms with van der Waals surface area (Å²) in [6.07, 6.45) is 1.63. The molecular weight excluding hydrogens is 235 g/mol. The van der Waals surface area contributed by atoms with Crippen molar-refractivity contribution in [3.8, 4) is 0 Å². The molecule has 0 aliphatic heterocycles. The highest BCUT2D eigenvalue weighted by molar-refractivity contribution is 8.68. The van der Waals surface area contributed by atoms with Gasteiger partial charge in [-0.2, -0.15) is 0 Å². The van der Waals surface area contributed by atoms with E-state index in [1.165, 1.54) is 0 Å². The number of nitrogens with zero attached hydrogens (tertiary/aromatic N) is 1. The topological polar surface area (TPSA) is 33.6 Å². The normalized spacial score (nSPS) is 16.1. The highest BCUT2D eigenvalue weighted by Gasteiger charge is 2.16. The Morgan fingerprint density at radius 3 is 2.71 bits per heavy atom. The number of hydrogen-bond donors (Lipinski definition) is 1. The standard InChI is InChI=1S/C8H19N2OPS2/c1-5-11-12(13,10-7-9-4)14-6-8(2)3/h7-8H,5-6H2,1-4H3,(H,9,10,13). The lowest BCUT2D eigenvalue weighted by Gasteiger charge is -2.21. The number of aliphatic imine (C=N–C) groups is 1. The highest BCUT2D eigenvalue weighted by Crippen LogP contribution is 2.56. The van der Waals surface area contributed by atoms with E-state index in [9.17, 15) is 0 Å². The van der Waals surface area contributed by atoms with Crippen LogP contribution in [-0.4, -0.2) is 25.7 Å². The third kappa shape index (κ3) is 6.82. The molecule has 14 heavy (non-hydrogen) atoms. The average Bonchev–Trinajstić information content (AvgIpc) is 2.13. The summed E-state index contributed by atoms with van der Waals surface area (Å²) in [5.74, 6) is 1.64. The summed E-state index contributed by atoms with van der Waals surface area (Å²) < 4.78 is 5.57. The van der Waals surface area contributed by atoms with E-state index >= 15 is 0 Å². The van der Waals surface area contributed by atoms with E-state index in [-0.39, 0.29) is 0 Å². The molecule has 0 aromatic carbocycles. The van der Waals surface area contributed by atoms with Crippen LogP contribution >= 0.6 is 17.0 Å². The molecule has 0 radical (unpaired) electrons. The fourth-order valence-electron chi connectivity index (χ4n) is 0.657. The Labute approximate surface area is 96.0 Å². The van der Waals surface area contributed by atoms with Gasteiger partial charge >= 0.3 is 0 Å². The molecule has 0 fully saturated rings. The van der Waals surface area contributed by atoms with E-state index in [4.69, 9.17) is 16.3 Å². The Hall–Kier alpha value is 0.430. The van der Waals surface area contributed by atoms with Gasteiger partial charge in [0.05, 0.1) is 12.9 Å². The Balaban J connectivity index is 4.16. The summed E-state index contributed by atoms with van der Waals surface area (Å²) in [4.78, 5) is 3.86. The molecule has 0 bridgehead atoms. The van der Waals surface area contributed by atoms with Crippen LogP contribution in [0.4, 0.5) is 0 Å². The Morgan fingerprint density at radius 2 is 2.29 bits per heavy atom. The lowest BCUT2D eigenvalue weighted by molar-refractivity contribution is 0.383. The van der Waals surface area contributed by atoms with Gasteiger partial charge < -0.3 is 9.61 Å². The maximum Gasteiger partial charge on any atom is 0.211 e. The molecule has 0 rings (SSSR count). The third-order valence-corrected chi connectivity index (χ3v) is 7.09. The van der Waals surface area contributed by atoms with Crippen LogP contribution in [0.5, 0.6) is 0 Å². The van der Waals surface area contributed by atoms with E-state index in [1.54, 1.807) is 24.8 Å². The van der Waals surface area contributed by atoms with Crippen LogP contribution in [0.3, 0.4) is 0 Å². The molecule has 84 valence electrons. The molecule has 0 saturated carbocycles. The van der Waals surface area contributed by atoms with Crippen LogP contribution in [0.2, 0.25) is 0 Å². The molecule has 0 amide bonds. The van der Waals surface area contributed by atoms with Gasteiger partial charge in [-0.15, -0.1) is 0 Å². The van der Waals surface area contributed by atoms with Gasteiger partial charge in [0.15, 0.2) is 0 Å². The largest absolute Gasteiger partial charge is 0.327 e. The average molecular weight is 254 g/mol. The summed E-state index contributed by atoms with van der Waals surface area (Å²) in [5.41, 5.74) is -1.94. The van der Waals surface area contributed by atoms with Gasteiger partial charge in [-0.05, 0) is 24.6 Å². The molecule has 0 aromatic heterocycles. The quantitative estimate of drug-likeness (QED) is 0.430. The summed E-state index contributed by atoms with van der Waals surface area (Å²) in [7, 11) is 1.71. The second kappa shape index (κ2) is 7.69. The zero-order chi connectivity index (χ0) is 11.0. The lowest BCUT2D eigenvalue weighted by atomic mass is 10.3. The van der Waals surface area contributed by atoms with E-state index in [0.717, 1.165) is 5.75 Å². The molecule has 0 heterocycles. The van der Waals surface area contributed by atoms with Crippen LogP contribution in [-0.2, 0) is 16.3 Å². The summed E-state index contributed by atoms with van der Waals surface area (Å²) in [6.45, 7) is 6.95. The van der Waals surface area contributed by atoms with Gasteiger partial charge in [0.2, 0.25) is 5.62 Å². The zero-order valence-electron chi connectivity index (χ0n) is 9.19. The molecule has 1 atom stereocenters. The Kier molecular flexibility index (Phi) is 7.92. The van der Waals surface area contributed by atoms with E-state index in [0.29, 0.717) is 12.5 Å². The van der Waals surface area contributed by atoms with Crippen molar-refractivity contribution < 1.29 is 4.52 Å². The van der Waals surface area contributed by atoms with Gasteiger partial charge in [0.25, 0.3) is 0 Å². The van der Waals surface area contributed by atoms with Gasteiger partial charge in [-0.25, -0.2) is 0 Å². The van der Waals surface area contributed by atoms with Gasteiger partial charge in [0, 0.05) is 12.8 Å². The number of nitrogens with one attached hydrogen (secondary N) is 1. The summed E-state index contributed by atoms with van der Waals surface area (Å²) >= 11 is 7.13. The molecule has 3 nitrogen and oxygen atoms in total. The lowest BCUT2D eigenvalue weighted by Crippen LogP contribution is -2.09. The number of rotatable bonds is 7. The van der Waals surface area contributed by atoms with Crippen molar-refractivity contribution >= 4 is 35.1 Å². The first kappa shape index (κ1) is 14.4. The maximum absolute atomic E-state index is 5.57. The minimum Gasteiger partial charge on any atom is -0.327 e. The van der Waals surface area contributed by atoms with Crippen molar-refractivity contribution in [3.05, 3.63) is 0 Å². The number of hydrogen-bond acceptors (Lipinski definition) is 4. The monoisotopic (exact) mass is 254 g/mol. The van der Waals surface area contributed by atoms with Crippen molar-refractivity contribution in [1.82, 2.24) is 5.09 Å². The minimum absolute atomic E-state index is 0.628. The molecule has 1 N–H and O–H groups in total. The SMILES string of the molecule is CCOP(=S)(N/C=N/C)SCC(C)C. The van der Waals surface area contributed by atoms with Crippen molar-refractivity contribution in [2.45, 2.75) is 20.8 Å². The smallest absolute Gasteiger partial charge is 0.211 e. The van der Waals surface area contributed by atoms with Gasteiger partial charge in [-0.3, -0.25) is 4.99 Å². The first-order valence-electron chi connectivity index (χ1n) is 4.61. The van der Waals surface area contributed by atoms with Crippen molar-refractivity contribution in [3.63, 3.8) is 0 Å². The fraction of sp³-hybridized carbons (Fsp3) is 0.875. The predicted octanol–water partition coefficient (Wildman–Crippen LogP) is 2.88. The van der Waals surface area contributed by atoms with Gasteiger partial charge in [0.1, 0.15) is 0 Å². The van der Waals surface area contributed by atoms with Crippen LogP contribution in [0.15, 0.2) is 4.99 Å². The second-order valence-corrected chi connectivity index (χ2v) is 9.78. The fourth-order valence-corrected chi connectivity index (χ4v) is 5.37. The first-order chi connectivity index (χ1) is 6.54. The van der Waals surface area contributed by atoms with E-state index in [2.05, 4.69) is 23.9 Å². The van der Waals surface area contributed by atoms with Crippen LogP contribution in [0, 0.1) is 5.92 Å². The third-order valence-electron chi connectivity index (χ3n) is 1.22. The first-order valence-corrected chi connectivity index (χ1v) is 8.92. The van der Waals surface area contributed by atoms with Crippen LogP contribution in [0.1, 0.15) is 20.8 Å². The Bertz CT molecular complexity index is 221. The van der Waals surface area contributed by atoms with Crippen molar-refractivity contribution in [1.29, 1.82) is 0 Å². The van der Waals surface area contributed by atoms with Crippen molar-refractivity contribution in [2.24, 2.45) is 10.9 Å². The van der Waals surface area contributed by atoms with Crippen LogP contribution < -0.4 is 5.09 Å². The molecule has 1 unspecified atom stereocenters. The van der Waals surface area contributed by atoms with E-state index in [1.807, 2.05) is 6.92 Å². The summed E-state index contributed by atoms with van der Waals surface area (Å²) in [6, 6.07) is 0. The molecule has 0 aliphatic carbocycles. The molecular formula is C8H19N2OPS2. The van der Waals surface area contributed by atoms with Crippen molar-refractivity contribution in [2.75, 3.05) is 19.4 Å². The maximum atomic E-state index is 5.57. The second-order valence-electron chi connectivity index (χ2n) is 3.12. The minimum atomic E-state index is -1.94. The molecule has 0 spiro atoms.